The molecule has 5 aromatic rings. The molecule has 0 spiro atoms. The van der Waals surface area contributed by atoms with Crippen LogP contribution in [0.15, 0.2) is 120 Å². The third kappa shape index (κ3) is 5.57. The monoisotopic (exact) mass is 570 g/mol. The van der Waals surface area contributed by atoms with Crippen molar-refractivity contribution in [1.29, 1.82) is 0 Å². The van der Waals surface area contributed by atoms with Crippen molar-refractivity contribution in [3.63, 3.8) is 0 Å². The number of fused-ring (bicyclic) bond motifs is 2. The zero-order valence-corrected chi connectivity index (χ0v) is 23.0. The maximum absolute atomic E-state index is 13.4. The van der Waals surface area contributed by atoms with Crippen LogP contribution in [0.1, 0.15) is 20.7 Å². The zero-order valence-electron chi connectivity index (χ0n) is 23.0. The van der Waals surface area contributed by atoms with Crippen molar-refractivity contribution >= 4 is 56.7 Å². The molecular formula is C33H26N6O4. The van der Waals surface area contributed by atoms with Crippen molar-refractivity contribution in [3.8, 4) is 11.5 Å². The largest absolute Gasteiger partial charge is 0.505 e. The van der Waals surface area contributed by atoms with Crippen molar-refractivity contribution < 1.29 is 19.4 Å². The molecule has 10 nitrogen and oxygen atoms in total. The average Bonchev–Trinajstić information content (AvgIpc) is 3.40. The van der Waals surface area contributed by atoms with Crippen LogP contribution < -0.4 is 26.0 Å². The molecule has 0 fully saturated rings. The second kappa shape index (κ2) is 11.4. The van der Waals surface area contributed by atoms with Gasteiger partial charge in [0.15, 0.2) is 5.75 Å². The van der Waals surface area contributed by atoms with Crippen molar-refractivity contribution in [2.75, 3.05) is 28.4 Å². The first-order valence-corrected chi connectivity index (χ1v) is 13.3. The van der Waals surface area contributed by atoms with E-state index in [2.05, 4.69) is 38.1 Å². The molecule has 6 rings (SSSR count). The number of benzene rings is 5. The Morgan fingerprint density at radius 1 is 0.791 bits per heavy atom. The van der Waals surface area contributed by atoms with E-state index in [1.165, 1.54) is 7.11 Å². The van der Waals surface area contributed by atoms with Crippen LogP contribution in [-0.2, 0) is 0 Å². The van der Waals surface area contributed by atoms with Gasteiger partial charge in [-0.3, -0.25) is 9.59 Å². The summed E-state index contributed by atoms with van der Waals surface area (Å²) >= 11 is 0. The SMILES string of the molecule is C=C1Nc2ccc(NC(=O)c3cc4ccccc4c(/N=N/c4cc(C(=O)Nc5ccccc5)ccc4OC)c3O)cc2N1. The Morgan fingerprint density at radius 3 is 2.35 bits per heavy atom. The molecule has 0 aliphatic carbocycles. The Hall–Kier alpha value is -6.16. The smallest absolute Gasteiger partial charge is 0.259 e. The van der Waals surface area contributed by atoms with Crippen molar-refractivity contribution in [3.05, 3.63) is 121 Å². The molecule has 1 aliphatic rings. The summed E-state index contributed by atoms with van der Waals surface area (Å²) in [6.07, 6.45) is 0. The molecule has 0 aromatic heterocycles. The number of anilines is 4. The number of azo groups is 1. The highest BCUT2D eigenvalue weighted by molar-refractivity contribution is 6.12. The van der Waals surface area contributed by atoms with Gasteiger partial charge in [-0.1, -0.05) is 49.0 Å². The predicted molar refractivity (Wildman–Crippen MR) is 168 cm³/mol. The van der Waals surface area contributed by atoms with E-state index in [0.29, 0.717) is 39.3 Å². The minimum Gasteiger partial charge on any atom is -0.505 e. The topological polar surface area (TPSA) is 136 Å². The number of carbonyl (C=O) groups excluding carboxylic acids is 2. The van der Waals surface area contributed by atoms with E-state index in [1.54, 1.807) is 60.7 Å². The quantitative estimate of drug-likeness (QED) is 0.127. The number of rotatable bonds is 7. The van der Waals surface area contributed by atoms with E-state index >= 15 is 0 Å². The number of aromatic hydroxyl groups is 1. The number of phenolic OH excluding ortho intramolecular Hbond substituents is 1. The fraction of sp³-hybridized carbons (Fsp3) is 0.0303. The van der Waals surface area contributed by atoms with Crippen LogP contribution in [0.3, 0.4) is 0 Å². The number of ether oxygens (including phenoxy) is 1. The van der Waals surface area contributed by atoms with Crippen molar-refractivity contribution in [1.82, 2.24) is 0 Å². The van der Waals surface area contributed by atoms with Gasteiger partial charge in [0.2, 0.25) is 0 Å². The maximum atomic E-state index is 13.4. The van der Waals surface area contributed by atoms with Gasteiger partial charge in [0.05, 0.1) is 24.0 Å². The second-order valence-electron chi connectivity index (χ2n) is 9.69. The third-order valence-corrected chi connectivity index (χ3v) is 6.82. The summed E-state index contributed by atoms with van der Waals surface area (Å²) in [6.45, 7) is 3.85. The van der Waals surface area contributed by atoms with Crippen molar-refractivity contribution in [2.24, 2.45) is 10.2 Å². The highest BCUT2D eigenvalue weighted by atomic mass is 16.5. The molecule has 2 amide bonds. The second-order valence-corrected chi connectivity index (χ2v) is 9.69. The van der Waals surface area contributed by atoms with Gasteiger partial charge in [0.1, 0.15) is 22.9 Å². The maximum Gasteiger partial charge on any atom is 0.259 e. The van der Waals surface area contributed by atoms with Gasteiger partial charge in [-0.15, -0.1) is 10.2 Å². The van der Waals surface area contributed by atoms with Crippen LogP contribution >= 0.6 is 0 Å². The number of amides is 2. The standard InChI is InChI=1S/C33H26N6O4/c1-19-34-26-14-13-23(18-27(26)35-19)37-33(42)25-16-20-8-6-7-11-24(20)30(31(25)40)39-38-28-17-21(12-15-29(28)43-2)32(41)36-22-9-4-3-5-10-22/h3-18,34-35,40H,1H2,2H3,(H,36,41)(H,37,42)/b39-38+. The number of carbonyl (C=O) groups is 2. The molecule has 212 valence electrons. The van der Waals surface area contributed by atoms with Gasteiger partial charge in [0.25, 0.3) is 11.8 Å². The Bertz CT molecular complexity index is 1940. The Morgan fingerprint density at radius 2 is 1.53 bits per heavy atom. The predicted octanol–water partition coefficient (Wildman–Crippen LogP) is 7.78. The molecular weight excluding hydrogens is 544 g/mol. The van der Waals surface area contributed by atoms with Crippen LogP contribution in [0.2, 0.25) is 0 Å². The van der Waals surface area contributed by atoms with Crippen LogP contribution in [0.5, 0.6) is 11.5 Å². The molecule has 0 saturated carbocycles. The first-order chi connectivity index (χ1) is 20.9. The first kappa shape index (κ1) is 27.0. The van der Waals surface area contributed by atoms with Crippen LogP contribution in [0.25, 0.3) is 10.8 Å². The summed E-state index contributed by atoms with van der Waals surface area (Å²) in [5.74, 6) is -0.188. The molecule has 1 aliphatic heterocycles. The first-order valence-electron chi connectivity index (χ1n) is 13.3. The summed E-state index contributed by atoms with van der Waals surface area (Å²) in [7, 11) is 1.48. The summed E-state index contributed by atoms with van der Waals surface area (Å²) in [5.41, 5.74) is 3.51. The Kier molecular flexibility index (Phi) is 7.15. The minimum absolute atomic E-state index is 0.0200. The normalized spacial score (nSPS) is 12.0. The van der Waals surface area contributed by atoms with Gasteiger partial charge in [0, 0.05) is 22.3 Å². The molecule has 0 atom stereocenters. The van der Waals surface area contributed by atoms with E-state index in [4.69, 9.17) is 4.74 Å². The highest BCUT2D eigenvalue weighted by Crippen LogP contribution is 2.41. The minimum atomic E-state index is -0.526. The molecule has 0 bridgehead atoms. The number of hydrogen-bond acceptors (Lipinski definition) is 8. The lowest BCUT2D eigenvalue weighted by Gasteiger charge is -2.12. The van der Waals surface area contributed by atoms with Crippen LogP contribution in [-0.4, -0.2) is 24.0 Å². The van der Waals surface area contributed by atoms with Gasteiger partial charge in [-0.05, 0) is 60.0 Å². The number of methoxy groups -OCH3 is 1. The number of para-hydroxylation sites is 1. The fourth-order valence-corrected chi connectivity index (χ4v) is 4.72. The molecule has 1 heterocycles. The lowest BCUT2D eigenvalue weighted by atomic mass is 10.0. The summed E-state index contributed by atoms with van der Waals surface area (Å²) < 4.78 is 5.44. The lowest BCUT2D eigenvalue weighted by Crippen LogP contribution is -2.12. The third-order valence-electron chi connectivity index (χ3n) is 6.82. The van der Waals surface area contributed by atoms with Gasteiger partial charge < -0.3 is 31.1 Å². The van der Waals surface area contributed by atoms with E-state index in [0.717, 1.165) is 11.4 Å². The zero-order chi connectivity index (χ0) is 29.9. The molecule has 5 N–H and O–H groups in total. The van der Waals surface area contributed by atoms with E-state index in [-0.39, 0.29) is 28.6 Å². The van der Waals surface area contributed by atoms with Crippen LogP contribution in [0.4, 0.5) is 34.1 Å². The molecule has 0 saturated heterocycles. The molecule has 43 heavy (non-hydrogen) atoms. The molecule has 0 unspecified atom stereocenters. The summed E-state index contributed by atoms with van der Waals surface area (Å²) in [5, 5.41) is 33.1. The Balaban J connectivity index is 1.33. The van der Waals surface area contributed by atoms with Gasteiger partial charge in [-0.25, -0.2) is 0 Å². The van der Waals surface area contributed by atoms with Gasteiger partial charge >= 0.3 is 0 Å². The average molecular weight is 571 g/mol. The van der Waals surface area contributed by atoms with E-state index in [1.807, 2.05) is 36.4 Å². The lowest BCUT2D eigenvalue weighted by molar-refractivity contribution is 0.101. The number of hydrogen-bond donors (Lipinski definition) is 5. The molecule has 5 aromatic carbocycles. The van der Waals surface area contributed by atoms with Gasteiger partial charge in [-0.2, -0.15) is 0 Å². The van der Waals surface area contributed by atoms with E-state index in [9.17, 15) is 14.7 Å². The van der Waals surface area contributed by atoms with E-state index < -0.39 is 5.91 Å². The Labute approximate surface area is 246 Å². The molecule has 10 heteroatoms. The number of nitrogens with one attached hydrogen (secondary N) is 4. The highest BCUT2D eigenvalue weighted by Gasteiger charge is 2.20. The fourth-order valence-electron chi connectivity index (χ4n) is 4.72. The summed E-state index contributed by atoms with van der Waals surface area (Å²) in [6, 6.07) is 28.0. The van der Waals surface area contributed by atoms with Crippen LogP contribution in [0, 0.1) is 0 Å². The van der Waals surface area contributed by atoms with Crippen molar-refractivity contribution in [2.45, 2.75) is 0 Å². The molecule has 0 radical (unpaired) electrons. The number of phenols is 1. The number of nitrogens with zero attached hydrogens (tertiary/aromatic N) is 2. The summed E-state index contributed by atoms with van der Waals surface area (Å²) in [4.78, 5) is 26.3.